The highest BCUT2D eigenvalue weighted by molar-refractivity contribution is 6.16. The van der Waals surface area contributed by atoms with Crippen molar-refractivity contribution in [3.8, 4) is 0 Å². The summed E-state index contributed by atoms with van der Waals surface area (Å²) in [6.45, 7) is 4.47. The average Bonchev–Trinajstić information content (AvgIpc) is 3.14. The van der Waals surface area contributed by atoms with E-state index in [-0.39, 0.29) is 0 Å². The van der Waals surface area contributed by atoms with Gasteiger partial charge in [-0.3, -0.25) is 4.79 Å². The lowest BCUT2D eigenvalue weighted by Gasteiger charge is -2.49. The zero-order valence-electron chi connectivity index (χ0n) is 13.7. The standard InChI is InChI=1S/C19H20N4O/c1-22-7-6-19(10-22)11-23(12-19)18-16-14-4-2-3-5-15(14)21-17(16)13(9-24)8-20-18/h2-5,8-9,21H,6-7,10-12H2,1H3. The number of rotatable bonds is 2. The molecule has 3 aromatic rings. The SMILES string of the molecule is CN1CCC2(C1)CN(c1ncc(C=O)c3[nH]c4ccccc4c13)C2. The third kappa shape index (κ3) is 1.85. The fourth-order valence-corrected chi connectivity index (χ4v) is 4.51. The minimum absolute atomic E-state index is 0.429. The number of hydrogen-bond acceptors (Lipinski definition) is 4. The molecule has 1 spiro atoms. The summed E-state index contributed by atoms with van der Waals surface area (Å²) in [5.41, 5.74) is 3.01. The number of H-pyrrole nitrogens is 1. The van der Waals surface area contributed by atoms with E-state index in [0.717, 1.165) is 47.0 Å². The van der Waals surface area contributed by atoms with E-state index in [9.17, 15) is 4.79 Å². The molecule has 2 saturated heterocycles. The average molecular weight is 320 g/mol. The Balaban J connectivity index is 1.63. The van der Waals surface area contributed by atoms with E-state index in [2.05, 4.69) is 38.9 Å². The quantitative estimate of drug-likeness (QED) is 0.738. The van der Waals surface area contributed by atoms with Crippen LogP contribution in [-0.4, -0.2) is 54.4 Å². The van der Waals surface area contributed by atoms with Gasteiger partial charge in [-0.2, -0.15) is 0 Å². The van der Waals surface area contributed by atoms with Crippen molar-refractivity contribution in [1.82, 2.24) is 14.9 Å². The number of para-hydroxylation sites is 1. The maximum Gasteiger partial charge on any atom is 0.153 e. The second-order valence-corrected chi connectivity index (χ2v) is 7.42. The first kappa shape index (κ1) is 14.0. The molecule has 1 N–H and O–H groups in total. The fraction of sp³-hybridized carbons (Fsp3) is 0.368. The summed E-state index contributed by atoms with van der Waals surface area (Å²) in [7, 11) is 2.20. The third-order valence-electron chi connectivity index (χ3n) is 5.65. The van der Waals surface area contributed by atoms with Gasteiger partial charge in [0.2, 0.25) is 0 Å². The summed E-state index contributed by atoms with van der Waals surface area (Å²) >= 11 is 0. The van der Waals surface area contributed by atoms with Gasteiger partial charge in [-0.1, -0.05) is 18.2 Å². The summed E-state index contributed by atoms with van der Waals surface area (Å²) < 4.78 is 0. The summed E-state index contributed by atoms with van der Waals surface area (Å²) in [5, 5.41) is 2.22. The predicted molar refractivity (Wildman–Crippen MR) is 95.7 cm³/mol. The molecule has 2 aliphatic rings. The molecular formula is C19H20N4O. The van der Waals surface area contributed by atoms with Crippen molar-refractivity contribution >= 4 is 33.9 Å². The lowest BCUT2D eigenvalue weighted by atomic mass is 9.79. The molecule has 4 heterocycles. The summed E-state index contributed by atoms with van der Waals surface area (Å²) in [6.07, 6.45) is 3.85. The van der Waals surface area contributed by atoms with Gasteiger partial charge in [-0.05, 0) is 26.1 Å². The monoisotopic (exact) mass is 320 g/mol. The van der Waals surface area contributed by atoms with Gasteiger partial charge in [0.05, 0.1) is 16.5 Å². The molecule has 0 radical (unpaired) electrons. The Hall–Kier alpha value is -2.40. The number of likely N-dealkylation sites (tertiary alicyclic amines) is 1. The molecule has 2 aromatic heterocycles. The topological polar surface area (TPSA) is 52.2 Å². The first-order valence-electron chi connectivity index (χ1n) is 8.47. The number of nitrogens with zero attached hydrogens (tertiary/aromatic N) is 3. The largest absolute Gasteiger partial charge is 0.355 e. The Morgan fingerprint density at radius 3 is 2.83 bits per heavy atom. The first-order valence-corrected chi connectivity index (χ1v) is 8.47. The van der Waals surface area contributed by atoms with Crippen LogP contribution in [0.3, 0.4) is 0 Å². The Morgan fingerprint density at radius 2 is 2.08 bits per heavy atom. The zero-order valence-corrected chi connectivity index (χ0v) is 13.7. The van der Waals surface area contributed by atoms with Gasteiger partial charge in [0.25, 0.3) is 0 Å². The van der Waals surface area contributed by atoms with Crippen LogP contribution >= 0.6 is 0 Å². The van der Waals surface area contributed by atoms with Crippen molar-refractivity contribution in [2.24, 2.45) is 5.41 Å². The van der Waals surface area contributed by atoms with Crippen molar-refractivity contribution < 1.29 is 4.79 Å². The molecule has 5 nitrogen and oxygen atoms in total. The molecule has 0 saturated carbocycles. The molecule has 2 aliphatic heterocycles. The van der Waals surface area contributed by atoms with Crippen molar-refractivity contribution in [2.75, 3.05) is 38.1 Å². The summed E-state index contributed by atoms with van der Waals surface area (Å²) in [4.78, 5) is 24.3. The van der Waals surface area contributed by atoms with Crippen molar-refractivity contribution in [1.29, 1.82) is 0 Å². The van der Waals surface area contributed by atoms with Crippen LogP contribution in [0.1, 0.15) is 16.8 Å². The number of aromatic amines is 1. The normalized spacial score (nSPS) is 20.1. The van der Waals surface area contributed by atoms with Gasteiger partial charge in [-0.15, -0.1) is 0 Å². The van der Waals surface area contributed by atoms with Gasteiger partial charge in [0, 0.05) is 42.1 Å². The second-order valence-electron chi connectivity index (χ2n) is 7.42. The van der Waals surface area contributed by atoms with Gasteiger partial charge >= 0.3 is 0 Å². The number of nitrogens with one attached hydrogen (secondary N) is 1. The van der Waals surface area contributed by atoms with E-state index < -0.39 is 0 Å². The maximum atomic E-state index is 11.4. The van der Waals surface area contributed by atoms with Crippen molar-refractivity contribution in [3.05, 3.63) is 36.0 Å². The number of hydrogen-bond donors (Lipinski definition) is 1. The van der Waals surface area contributed by atoms with Gasteiger partial charge < -0.3 is 14.8 Å². The molecule has 2 fully saturated rings. The first-order chi connectivity index (χ1) is 11.7. The van der Waals surface area contributed by atoms with Gasteiger partial charge in [0.1, 0.15) is 5.82 Å². The molecule has 1 aromatic carbocycles. The Bertz CT molecular complexity index is 955. The Morgan fingerprint density at radius 1 is 1.25 bits per heavy atom. The van der Waals surface area contributed by atoms with Crippen molar-refractivity contribution in [2.45, 2.75) is 6.42 Å². The molecule has 0 bridgehead atoms. The Labute approximate surface area is 140 Å². The smallest absolute Gasteiger partial charge is 0.153 e. The summed E-state index contributed by atoms with van der Waals surface area (Å²) in [5.74, 6) is 1.01. The van der Waals surface area contributed by atoms with Gasteiger partial charge in [-0.25, -0.2) is 4.98 Å². The van der Waals surface area contributed by atoms with Crippen LogP contribution in [0.5, 0.6) is 0 Å². The van der Waals surface area contributed by atoms with Crippen LogP contribution in [0.2, 0.25) is 0 Å². The lowest BCUT2D eigenvalue weighted by molar-refractivity contribution is 0.112. The van der Waals surface area contributed by atoms with E-state index in [1.54, 1.807) is 6.20 Å². The molecule has 0 unspecified atom stereocenters. The number of aromatic nitrogens is 2. The van der Waals surface area contributed by atoms with E-state index in [1.165, 1.54) is 19.5 Å². The van der Waals surface area contributed by atoms with Crippen LogP contribution in [0.15, 0.2) is 30.5 Å². The molecule has 5 heteroatoms. The number of anilines is 1. The molecule has 0 amide bonds. The van der Waals surface area contributed by atoms with E-state index in [4.69, 9.17) is 0 Å². The van der Waals surface area contributed by atoms with E-state index in [0.29, 0.717) is 11.0 Å². The number of aldehydes is 1. The Kier molecular flexibility index (Phi) is 2.80. The molecular weight excluding hydrogens is 300 g/mol. The molecule has 5 rings (SSSR count). The van der Waals surface area contributed by atoms with Crippen molar-refractivity contribution in [3.63, 3.8) is 0 Å². The minimum Gasteiger partial charge on any atom is -0.355 e. The van der Waals surface area contributed by atoms with Crippen LogP contribution in [-0.2, 0) is 0 Å². The van der Waals surface area contributed by atoms with Crippen LogP contribution in [0.25, 0.3) is 21.8 Å². The molecule has 0 atom stereocenters. The predicted octanol–water partition coefficient (Wildman–Crippen LogP) is 2.67. The fourth-order valence-electron chi connectivity index (χ4n) is 4.51. The molecule has 0 aliphatic carbocycles. The van der Waals surface area contributed by atoms with Crippen LogP contribution in [0, 0.1) is 5.41 Å². The number of pyridine rings is 1. The molecule has 24 heavy (non-hydrogen) atoms. The lowest BCUT2D eigenvalue weighted by Crippen LogP contribution is -2.57. The van der Waals surface area contributed by atoms with Crippen LogP contribution < -0.4 is 4.90 Å². The maximum absolute atomic E-state index is 11.4. The number of carbonyl (C=O) groups is 1. The highest BCUT2D eigenvalue weighted by Gasteiger charge is 2.47. The highest BCUT2D eigenvalue weighted by atomic mass is 16.1. The molecule has 122 valence electrons. The van der Waals surface area contributed by atoms with E-state index in [1.807, 2.05) is 12.1 Å². The number of carbonyl (C=O) groups excluding carboxylic acids is 1. The highest BCUT2D eigenvalue weighted by Crippen LogP contribution is 2.44. The number of benzene rings is 1. The van der Waals surface area contributed by atoms with E-state index >= 15 is 0 Å². The van der Waals surface area contributed by atoms with Gasteiger partial charge in [0.15, 0.2) is 6.29 Å². The summed E-state index contributed by atoms with van der Waals surface area (Å²) in [6, 6.07) is 8.21. The minimum atomic E-state index is 0.429. The number of fused-ring (bicyclic) bond motifs is 3. The zero-order chi connectivity index (χ0) is 16.3. The second kappa shape index (κ2) is 4.80. The third-order valence-corrected chi connectivity index (χ3v) is 5.65. The van der Waals surface area contributed by atoms with Crippen LogP contribution in [0.4, 0.5) is 5.82 Å².